The smallest absolute Gasteiger partial charge is 0.0744 e. The third-order valence-electron chi connectivity index (χ3n) is 3.59. The molecule has 0 bridgehead atoms. The van der Waals surface area contributed by atoms with E-state index in [1.165, 1.54) is 16.8 Å². The van der Waals surface area contributed by atoms with Gasteiger partial charge in [-0.2, -0.15) is 5.10 Å². The summed E-state index contributed by atoms with van der Waals surface area (Å²) in [6.07, 6.45) is 1.03. The van der Waals surface area contributed by atoms with E-state index in [2.05, 4.69) is 43.5 Å². The molecule has 1 atom stereocenters. The van der Waals surface area contributed by atoms with E-state index < -0.39 is 0 Å². The van der Waals surface area contributed by atoms with Crippen molar-refractivity contribution in [1.29, 1.82) is 0 Å². The molecule has 96 valence electrons. The second-order valence-electron chi connectivity index (χ2n) is 4.79. The zero-order valence-corrected chi connectivity index (χ0v) is 11.6. The van der Waals surface area contributed by atoms with Crippen LogP contribution in [0.15, 0.2) is 24.3 Å². The summed E-state index contributed by atoms with van der Waals surface area (Å²) in [5.74, 6) is 0. The van der Waals surface area contributed by atoms with E-state index in [4.69, 9.17) is 5.73 Å². The van der Waals surface area contributed by atoms with E-state index in [9.17, 15) is 0 Å². The van der Waals surface area contributed by atoms with Crippen LogP contribution in [-0.4, -0.2) is 9.78 Å². The number of nitrogen functional groups attached to an aromatic ring is 1. The molecule has 0 saturated heterocycles. The lowest BCUT2D eigenvalue weighted by molar-refractivity contribution is 0.546. The molecule has 0 amide bonds. The molecule has 3 heteroatoms. The summed E-state index contributed by atoms with van der Waals surface area (Å²) < 4.78 is 2.10. The van der Waals surface area contributed by atoms with Crippen LogP contribution in [0.4, 0.5) is 5.69 Å². The molecule has 0 aliphatic heterocycles. The Kier molecular flexibility index (Phi) is 3.41. The number of anilines is 1. The van der Waals surface area contributed by atoms with Gasteiger partial charge in [0.15, 0.2) is 0 Å². The Morgan fingerprint density at radius 3 is 2.61 bits per heavy atom. The maximum absolute atomic E-state index is 5.84. The SMILES string of the molecule is CCc1c(C)nn(C(C)c2cccc(N)c2)c1C. The van der Waals surface area contributed by atoms with E-state index in [0.29, 0.717) is 0 Å². The zero-order valence-electron chi connectivity index (χ0n) is 11.6. The molecule has 0 aliphatic rings. The first-order chi connectivity index (χ1) is 8.54. The van der Waals surface area contributed by atoms with Gasteiger partial charge in [0.1, 0.15) is 0 Å². The Bertz CT molecular complexity index is 555. The molecule has 2 N–H and O–H groups in total. The first-order valence-electron chi connectivity index (χ1n) is 6.44. The average molecular weight is 243 g/mol. The van der Waals surface area contributed by atoms with E-state index in [0.717, 1.165) is 17.8 Å². The maximum Gasteiger partial charge on any atom is 0.0744 e. The van der Waals surface area contributed by atoms with E-state index in [1.807, 2.05) is 18.2 Å². The van der Waals surface area contributed by atoms with Crippen LogP contribution in [0.3, 0.4) is 0 Å². The van der Waals surface area contributed by atoms with Crippen LogP contribution in [-0.2, 0) is 6.42 Å². The van der Waals surface area contributed by atoms with Gasteiger partial charge in [0.05, 0.1) is 11.7 Å². The highest BCUT2D eigenvalue weighted by molar-refractivity contribution is 5.42. The normalized spacial score (nSPS) is 12.7. The molecular weight excluding hydrogens is 222 g/mol. The van der Waals surface area contributed by atoms with Crippen LogP contribution < -0.4 is 5.73 Å². The molecule has 2 aromatic rings. The van der Waals surface area contributed by atoms with Gasteiger partial charge >= 0.3 is 0 Å². The van der Waals surface area contributed by atoms with E-state index >= 15 is 0 Å². The monoisotopic (exact) mass is 243 g/mol. The van der Waals surface area contributed by atoms with Gasteiger partial charge in [-0.1, -0.05) is 19.1 Å². The predicted molar refractivity (Wildman–Crippen MR) is 75.7 cm³/mol. The molecule has 0 saturated carbocycles. The van der Waals surface area contributed by atoms with Gasteiger partial charge in [-0.25, -0.2) is 0 Å². The van der Waals surface area contributed by atoms with Crippen LogP contribution in [0.1, 0.15) is 42.4 Å². The molecule has 1 unspecified atom stereocenters. The molecule has 1 aromatic carbocycles. The molecule has 1 aromatic heterocycles. The summed E-state index contributed by atoms with van der Waals surface area (Å²) in [4.78, 5) is 0. The van der Waals surface area contributed by atoms with Crippen molar-refractivity contribution in [3.8, 4) is 0 Å². The van der Waals surface area contributed by atoms with Crippen LogP contribution in [0, 0.1) is 13.8 Å². The quantitative estimate of drug-likeness (QED) is 0.841. The molecule has 3 nitrogen and oxygen atoms in total. The summed E-state index contributed by atoms with van der Waals surface area (Å²) in [5, 5.41) is 4.66. The van der Waals surface area contributed by atoms with Crippen molar-refractivity contribution in [2.75, 3.05) is 5.73 Å². The maximum atomic E-state index is 5.84. The third-order valence-corrected chi connectivity index (χ3v) is 3.59. The highest BCUT2D eigenvalue weighted by Crippen LogP contribution is 2.24. The van der Waals surface area contributed by atoms with Crippen molar-refractivity contribution in [3.63, 3.8) is 0 Å². The van der Waals surface area contributed by atoms with E-state index in [1.54, 1.807) is 0 Å². The number of hydrogen-bond acceptors (Lipinski definition) is 2. The number of rotatable bonds is 3. The second-order valence-corrected chi connectivity index (χ2v) is 4.79. The Morgan fingerprint density at radius 2 is 2.06 bits per heavy atom. The lowest BCUT2D eigenvalue weighted by Crippen LogP contribution is -2.10. The topological polar surface area (TPSA) is 43.8 Å². The number of nitrogens with zero attached hydrogens (tertiary/aromatic N) is 2. The lowest BCUT2D eigenvalue weighted by Gasteiger charge is -2.15. The number of hydrogen-bond donors (Lipinski definition) is 1. The van der Waals surface area contributed by atoms with Crippen LogP contribution in [0.2, 0.25) is 0 Å². The fourth-order valence-corrected chi connectivity index (χ4v) is 2.55. The minimum Gasteiger partial charge on any atom is -0.399 e. The predicted octanol–water partition coefficient (Wildman–Crippen LogP) is 3.25. The molecule has 18 heavy (non-hydrogen) atoms. The Balaban J connectivity index is 2.43. The van der Waals surface area contributed by atoms with Crippen molar-refractivity contribution >= 4 is 5.69 Å². The standard InChI is InChI=1S/C15H21N3/c1-5-15-10(2)17-18(12(15)4)11(3)13-7-6-8-14(16)9-13/h6-9,11H,5,16H2,1-4H3. The van der Waals surface area contributed by atoms with Crippen molar-refractivity contribution in [2.24, 2.45) is 0 Å². The van der Waals surface area contributed by atoms with Crippen LogP contribution in [0.25, 0.3) is 0 Å². The Morgan fingerprint density at radius 1 is 1.33 bits per heavy atom. The van der Waals surface area contributed by atoms with Gasteiger partial charge in [-0.15, -0.1) is 0 Å². The Hall–Kier alpha value is -1.77. The van der Waals surface area contributed by atoms with Gasteiger partial charge in [0.25, 0.3) is 0 Å². The van der Waals surface area contributed by atoms with Crippen LogP contribution >= 0.6 is 0 Å². The zero-order chi connectivity index (χ0) is 13.3. The van der Waals surface area contributed by atoms with Gasteiger partial charge in [0, 0.05) is 11.4 Å². The molecule has 0 radical (unpaired) electrons. The molecule has 1 heterocycles. The molecular formula is C15H21N3. The fourth-order valence-electron chi connectivity index (χ4n) is 2.55. The number of benzene rings is 1. The molecule has 0 fully saturated rings. The summed E-state index contributed by atoms with van der Waals surface area (Å²) in [6, 6.07) is 8.24. The first-order valence-corrected chi connectivity index (χ1v) is 6.44. The number of aryl methyl sites for hydroxylation is 1. The highest BCUT2D eigenvalue weighted by Gasteiger charge is 2.15. The lowest BCUT2D eigenvalue weighted by atomic mass is 10.1. The van der Waals surface area contributed by atoms with Gasteiger partial charge in [0.2, 0.25) is 0 Å². The average Bonchev–Trinajstić information content (AvgIpc) is 2.63. The van der Waals surface area contributed by atoms with Crippen LogP contribution in [0.5, 0.6) is 0 Å². The summed E-state index contributed by atoms with van der Waals surface area (Å²) in [5.41, 5.74) is 11.6. The molecule has 2 rings (SSSR count). The minimum atomic E-state index is 0.215. The number of nitrogens with two attached hydrogens (primary N) is 1. The van der Waals surface area contributed by atoms with Gasteiger partial charge in [-0.3, -0.25) is 4.68 Å². The van der Waals surface area contributed by atoms with E-state index in [-0.39, 0.29) is 6.04 Å². The van der Waals surface area contributed by atoms with Gasteiger partial charge < -0.3 is 5.73 Å². The second kappa shape index (κ2) is 4.84. The van der Waals surface area contributed by atoms with Gasteiger partial charge in [-0.05, 0) is 50.5 Å². The highest BCUT2D eigenvalue weighted by atomic mass is 15.3. The van der Waals surface area contributed by atoms with Crippen molar-refractivity contribution in [2.45, 2.75) is 40.2 Å². The molecule has 0 aliphatic carbocycles. The largest absolute Gasteiger partial charge is 0.399 e. The minimum absolute atomic E-state index is 0.215. The summed E-state index contributed by atoms with van der Waals surface area (Å²) in [7, 11) is 0. The first kappa shape index (κ1) is 12.7. The third kappa shape index (κ3) is 2.13. The fraction of sp³-hybridized carbons (Fsp3) is 0.400. The summed E-state index contributed by atoms with van der Waals surface area (Å²) in [6.45, 7) is 8.55. The van der Waals surface area contributed by atoms with Crippen molar-refractivity contribution in [3.05, 3.63) is 46.8 Å². The van der Waals surface area contributed by atoms with Crippen molar-refractivity contribution < 1.29 is 0 Å². The number of aromatic nitrogens is 2. The molecule has 0 spiro atoms. The Labute approximate surface area is 109 Å². The van der Waals surface area contributed by atoms with Crippen molar-refractivity contribution in [1.82, 2.24) is 9.78 Å². The summed E-state index contributed by atoms with van der Waals surface area (Å²) >= 11 is 0.